The van der Waals surface area contributed by atoms with Crippen molar-refractivity contribution in [3.63, 3.8) is 0 Å². The first-order chi connectivity index (χ1) is 11.7. The number of aromatic nitrogens is 1. The molecule has 1 amide bonds. The molecule has 2 aromatic rings. The van der Waals surface area contributed by atoms with Gasteiger partial charge in [-0.3, -0.25) is 14.6 Å². The van der Waals surface area contributed by atoms with Gasteiger partial charge in [0.15, 0.2) is 5.78 Å². The number of fused-ring (bicyclic) bond motifs is 1. The van der Waals surface area contributed by atoms with E-state index >= 15 is 0 Å². The van der Waals surface area contributed by atoms with Gasteiger partial charge in [-0.2, -0.15) is 0 Å². The van der Waals surface area contributed by atoms with Crippen LogP contribution in [-0.4, -0.2) is 23.2 Å². The molecule has 4 nitrogen and oxygen atoms in total. The second-order valence-corrected chi connectivity index (χ2v) is 6.22. The molecule has 0 bridgehead atoms. The highest BCUT2D eigenvalue weighted by Gasteiger charge is 2.33. The number of ketones is 1. The lowest BCUT2D eigenvalue weighted by Crippen LogP contribution is -2.42. The number of anilines is 1. The third-order valence-electron chi connectivity index (χ3n) is 4.48. The Labute approximate surface area is 142 Å². The largest absolute Gasteiger partial charge is 0.312 e. The number of carbonyl (C=O) groups is 2. The summed E-state index contributed by atoms with van der Waals surface area (Å²) >= 11 is 0. The second kappa shape index (κ2) is 7.39. The van der Waals surface area contributed by atoms with Crippen molar-refractivity contribution in [2.45, 2.75) is 32.6 Å². The maximum atomic E-state index is 12.9. The number of unbranched alkanes of at least 4 members (excludes halogenated alkanes) is 1. The zero-order valence-electron chi connectivity index (χ0n) is 13.9. The summed E-state index contributed by atoms with van der Waals surface area (Å²) in [5.74, 6) is -0.304. The van der Waals surface area contributed by atoms with Crippen LogP contribution in [-0.2, 0) is 11.2 Å². The fraction of sp³-hybridized carbons (Fsp3) is 0.350. The van der Waals surface area contributed by atoms with Gasteiger partial charge in [-0.25, -0.2) is 0 Å². The van der Waals surface area contributed by atoms with E-state index in [4.69, 9.17) is 0 Å². The molecule has 24 heavy (non-hydrogen) atoms. The molecule has 1 aromatic heterocycles. The van der Waals surface area contributed by atoms with Crippen LogP contribution in [0, 0.1) is 5.92 Å². The summed E-state index contributed by atoms with van der Waals surface area (Å²) in [6, 6.07) is 13.3. The predicted octanol–water partition coefficient (Wildman–Crippen LogP) is 3.66. The van der Waals surface area contributed by atoms with Crippen molar-refractivity contribution in [2.24, 2.45) is 5.92 Å². The highest BCUT2D eigenvalue weighted by atomic mass is 16.2. The molecular weight excluding hydrogens is 300 g/mol. The van der Waals surface area contributed by atoms with Gasteiger partial charge in [0.1, 0.15) is 5.69 Å². The van der Waals surface area contributed by atoms with Crippen molar-refractivity contribution in [1.29, 1.82) is 0 Å². The van der Waals surface area contributed by atoms with Crippen molar-refractivity contribution < 1.29 is 9.59 Å². The van der Waals surface area contributed by atoms with Gasteiger partial charge in [-0.1, -0.05) is 37.6 Å². The summed E-state index contributed by atoms with van der Waals surface area (Å²) in [4.78, 5) is 31.3. The van der Waals surface area contributed by atoms with Crippen LogP contribution in [0.5, 0.6) is 0 Å². The van der Waals surface area contributed by atoms with Gasteiger partial charge in [0.25, 0.3) is 0 Å². The standard InChI is InChI=1S/C20H22N2O2/c1-2-3-12-22-18-10-5-4-8-15(18)13-16(20(22)24)14-19(23)17-9-6-7-11-21-17/h4-11,16H,2-3,12-14H2,1H3. The van der Waals surface area contributed by atoms with Crippen LogP contribution in [0.25, 0.3) is 0 Å². The van der Waals surface area contributed by atoms with Crippen molar-refractivity contribution in [2.75, 3.05) is 11.4 Å². The molecule has 0 radical (unpaired) electrons. The molecule has 3 rings (SSSR count). The summed E-state index contributed by atoms with van der Waals surface area (Å²) in [6.45, 7) is 2.82. The highest BCUT2D eigenvalue weighted by molar-refractivity contribution is 6.03. The van der Waals surface area contributed by atoms with Crippen LogP contribution in [0.1, 0.15) is 42.2 Å². The number of benzene rings is 1. The van der Waals surface area contributed by atoms with Crippen LogP contribution in [0.3, 0.4) is 0 Å². The zero-order valence-corrected chi connectivity index (χ0v) is 13.9. The maximum absolute atomic E-state index is 12.9. The van der Waals surface area contributed by atoms with Crippen LogP contribution in [0.4, 0.5) is 5.69 Å². The van der Waals surface area contributed by atoms with E-state index in [-0.39, 0.29) is 24.0 Å². The topological polar surface area (TPSA) is 50.3 Å². The summed E-state index contributed by atoms with van der Waals surface area (Å²) in [7, 11) is 0. The van der Waals surface area contributed by atoms with E-state index in [1.165, 1.54) is 0 Å². The monoisotopic (exact) mass is 322 g/mol. The average molecular weight is 322 g/mol. The summed E-state index contributed by atoms with van der Waals surface area (Å²) in [5, 5.41) is 0. The van der Waals surface area contributed by atoms with E-state index in [0.717, 1.165) is 24.1 Å². The molecule has 2 heterocycles. The molecule has 1 aromatic carbocycles. The van der Waals surface area contributed by atoms with E-state index in [2.05, 4.69) is 18.0 Å². The van der Waals surface area contributed by atoms with Gasteiger partial charge in [0, 0.05) is 30.8 Å². The van der Waals surface area contributed by atoms with Crippen molar-refractivity contribution in [1.82, 2.24) is 4.98 Å². The summed E-state index contributed by atoms with van der Waals surface area (Å²) in [6.07, 6.45) is 4.44. The summed E-state index contributed by atoms with van der Waals surface area (Å²) in [5.41, 5.74) is 2.58. The summed E-state index contributed by atoms with van der Waals surface area (Å²) < 4.78 is 0. The van der Waals surface area contributed by atoms with Crippen molar-refractivity contribution >= 4 is 17.4 Å². The van der Waals surface area contributed by atoms with E-state index < -0.39 is 0 Å². The molecule has 124 valence electrons. The Morgan fingerprint density at radius 2 is 2.00 bits per heavy atom. The average Bonchev–Trinajstić information content (AvgIpc) is 2.62. The van der Waals surface area contributed by atoms with Crippen LogP contribution in [0.2, 0.25) is 0 Å². The molecule has 1 aliphatic heterocycles. The lowest BCUT2D eigenvalue weighted by atomic mass is 9.87. The lowest BCUT2D eigenvalue weighted by Gasteiger charge is -2.34. The first-order valence-electron chi connectivity index (χ1n) is 8.54. The van der Waals surface area contributed by atoms with E-state index in [1.807, 2.05) is 23.1 Å². The van der Waals surface area contributed by atoms with E-state index in [9.17, 15) is 9.59 Å². The van der Waals surface area contributed by atoms with E-state index in [0.29, 0.717) is 18.7 Å². The van der Waals surface area contributed by atoms with Gasteiger partial charge >= 0.3 is 0 Å². The highest BCUT2D eigenvalue weighted by Crippen LogP contribution is 2.32. The number of Topliss-reactive ketones (excluding diaryl/α,β-unsaturated/α-hetero) is 1. The third-order valence-corrected chi connectivity index (χ3v) is 4.48. The number of amides is 1. The number of nitrogens with zero attached hydrogens (tertiary/aromatic N) is 2. The number of pyridine rings is 1. The number of hydrogen-bond donors (Lipinski definition) is 0. The molecule has 1 unspecified atom stereocenters. The molecule has 0 saturated heterocycles. The number of hydrogen-bond acceptors (Lipinski definition) is 3. The molecule has 0 fully saturated rings. The minimum Gasteiger partial charge on any atom is -0.312 e. The molecule has 0 spiro atoms. The molecule has 1 aliphatic rings. The first kappa shape index (κ1) is 16.4. The number of rotatable bonds is 6. The number of carbonyl (C=O) groups excluding carboxylic acids is 2. The Balaban J connectivity index is 1.82. The molecule has 0 saturated carbocycles. The predicted molar refractivity (Wildman–Crippen MR) is 94.1 cm³/mol. The Morgan fingerprint density at radius 3 is 2.75 bits per heavy atom. The van der Waals surface area contributed by atoms with Gasteiger partial charge in [0.05, 0.1) is 0 Å². The molecule has 0 N–H and O–H groups in total. The van der Waals surface area contributed by atoms with Gasteiger partial charge in [-0.05, 0) is 36.6 Å². The lowest BCUT2D eigenvalue weighted by molar-refractivity contribution is -0.122. The molecule has 0 aliphatic carbocycles. The maximum Gasteiger partial charge on any atom is 0.230 e. The first-order valence-corrected chi connectivity index (χ1v) is 8.54. The van der Waals surface area contributed by atoms with Gasteiger partial charge in [-0.15, -0.1) is 0 Å². The zero-order chi connectivity index (χ0) is 16.9. The molecule has 1 atom stereocenters. The third kappa shape index (κ3) is 3.37. The SMILES string of the molecule is CCCCN1C(=O)C(CC(=O)c2ccccn2)Cc2ccccc21. The van der Waals surface area contributed by atoms with Crippen molar-refractivity contribution in [3.8, 4) is 0 Å². The quantitative estimate of drug-likeness (QED) is 0.763. The van der Waals surface area contributed by atoms with Crippen LogP contribution in [0.15, 0.2) is 48.7 Å². The second-order valence-electron chi connectivity index (χ2n) is 6.22. The fourth-order valence-corrected chi connectivity index (χ4v) is 3.20. The minimum absolute atomic E-state index is 0.0615. The Bertz CT molecular complexity index is 727. The Kier molecular flexibility index (Phi) is 5.04. The normalized spacial score (nSPS) is 16.8. The minimum atomic E-state index is -0.300. The Hall–Kier alpha value is -2.49. The van der Waals surface area contributed by atoms with Gasteiger partial charge in [0.2, 0.25) is 5.91 Å². The van der Waals surface area contributed by atoms with Crippen LogP contribution >= 0.6 is 0 Å². The smallest absolute Gasteiger partial charge is 0.230 e. The fourth-order valence-electron chi connectivity index (χ4n) is 3.20. The number of para-hydroxylation sites is 1. The van der Waals surface area contributed by atoms with E-state index in [1.54, 1.807) is 24.4 Å². The molecular formula is C20H22N2O2. The van der Waals surface area contributed by atoms with Gasteiger partial charge < -0.3 is 4.90 Å². The van der Waals surface area contributed by atoms with Crippen LogP contribution < -0.4 is 4.90 Å². The van der Waals surface area contributed by atoms with Crippen molar-refractivity contribution in [3.05, 3.63) is 59.9 Å². The molecule has 4 heteroatoms. The Morgan fingerprint density at radius 1 is 1.21 bits per heavy atom.